The Kier molecular flexibility index (Phi) is 3.75. The minimum Gasteiger partial charge on any atom is -0.481 e. The van der Waals surface area contributed by atoms with Crippen LogP contribution in [0, 0.1) is 6.92 Å². The number of carboxylic acids is 1. The summed E-state index contributed by atoms with van der Waals surface area (Å²) < 4.78 is 2.79. The molecule has 0 saturated carbocycles. The molecule has 0 fully saturated rings. The number of carbonyl (C=O) groups excluding carboxylic acids is 1. The van der Waals surface area contributed by atoms with Crippen molar-refractivity contribution in [1.82, 2.24) is 4.57 Å². The summed E-state index contributed by atoms with van der Waals surface area (Å²) in [5.41, 5.74) is 2.24. The lowest BCUT2D eigenvalue weighted by atomic mass is 9.96. The van der Waals surface area contributed by atoms with Gasteiger partial charge in [0.25, 0.3) is 0 Å². The average Bonchev–Trinajstić information content (AvgIpc) is 3.00. The van der Waals surface area contributed by atoms with E-state index in [1.54, 1.807) is 0 Å². The topological polar surface area (TPSA) is 59.3 Å². The molecule has 0 radical (unpaired) electrons. The van der Waals surface area contributed by atoms with Gasteiger partial charge in [0.1, 0.15) is 0 Å². The van der Waals surface area contributed by atoms with E-state index in [1.807, 2.05) is 29.0 Å². The van der Waals surface area contributed by atoms with Crippen molar-refractivity contribution in [3.63, 3.8) is 0 Å². The van der Waals surface area contributed by atoms with Crippen molar-refractivity contribution in [2.75, 3.05) is 0 Å². The van der Waals surface area contributed by atoms with Gasteiger partial charge in [-0.05, 0) is 53.4 Å². The van der Waals surface area contributed by atoms with Crippen molar-refractivity contribution in [2.45, 2.75) is 32.2 Å². The van der Waals surface area contributed by atoms with Crippen LogP contribution in [-0.2, 0) is 11.3 Å². The summed E-state index contributed by atoms with van der Waals surface area (Å²) in [7, 11) is 0. The van der Waals surface area contributed by atoms with Gasteiger partial charge in [-0.15, -0.1) is 11.3 Å². The molecule has 1 atom stereocenters. The average molecular weight is 368 g/mol. The highest BCUT2D eigenvalue weighted by Crippen LogP contribution is 2.33. The zero-order chi connectivity index (χ0) is 15.1. The van der Waals surface area contributed by atoms with E-state index in [9.17, 15) is 14.7 Å². The Morgan fingerprint density at radius 1 is 1.43 bits per heavy atom. The summed E-state index contributed by atoms with van der Waals surface area (Å²) in [5, 5.41) is 11.2. The van der Waals surface area contributed by atoms with Gasteiger partial charge in [0.2, 0.25) is 5.78 Å². The number of halogens is 1. The lowest BCUT2D eigenvalue weighted by Crippen LogP contribution is -2.23. The third-order valence-electron chi connectivity index (χ3n) is 3.86. The highest BCUT2D eigenvalue weighted by Gasteiger charge is 2.31. The van der Waals surface area contributed by atoms with Crippen LogP contribution in [0.2, 0.25) is 0 Å². The van der Waals surface area contributed by atoms with Crippen molar-refractivity contribution in [3.05, 3.63) is 43.8 Å². The lowest BCUT2D eigenvalue weighted by Gasteiger charge is -2.23. The Labute approximate surface area is 134 Å². The molecule has 0 amide bonds. The van der Waals surface area contributed by atoms with Crippen molar-refractivity contribution in [3.8, 4) is 0 Å². The Balaban J connectivity index is 2.08. The number of aryl methyl sites for hydroxylation is 1. The number of hydrogen-bond acceptors (Lipinski definition) is 3. The number of nitrogens with zero attached hydrogens (tertiary/aromatic N) is 1. The maximum Gasteiger partial charge on any atom is 0.312 e. The molecule has 1 aliphatic heterocycles. The predicted octanol–water partition coefficient (Wildman–Crippen LogP) is 3.81. The number of rotatable bonds is 3. The van der Waals surface area contributed by atoms with Gasteiger partial charge in [-0.1, -0.05) is 0 Å². The first-order chi connectivity index (χ1) is 9.99. The zero-order valence-corrected chi connectivity index (χ0v) is 13.8. The predicted molar refractivity (Wildman–Crippen MR) is 84.2 cm³/mol. The number of hydrogen-bond donors (Lipinski definition) is 1. The largest absolute Gasteiger partial charge is 0.481 e. The first kappa shape index (κ1) is 14.5. The van der Waals surface area contributed by atoms with Crippen molar-refractivity contribution >= 4 is 39.0 Å². The molecule has 3 rings (SSSR count). The molecule has 0 aromatic carbocycles. The van der Waals surface area contributed by atoms with Gasteiger partial charge in [-0.2, -0.15) is 0 Å². The first-order valence-corrected chi connectivity index (χ1v) is 8.38. The monoisotopic (exact) mass is 367 g/mol. The van der Waals surface area contributed by atoms with Gasteiger partial charge in [0, 0.05) is 22.1 Å². The summed E-state index contributed by atoms with van der Waals surface area (Å²) >= 11 is 4.76. The minimum atomic E-state index is -0.814. The van der Waals surface area contributed by atoms with E-state index in [1.165, 1.54) is 11.3 Å². The van der Waals surface area contributed by atoms with Crippen LogP contribution in [0.25, 0.3) is 0 Å². The fourth-order valence-corrected chi connectivity index (χ4v) is 4.31. The van der Waals surface area contributed by atoms with Crippen LogP contribution in [0.4, 0.5) is 0 Å². The molecule has 6 heteroatoms. The van der Waals surface area contributed by atoms with Crippen molar-refractivity contribution in [1.29, 1.82) is 0 Å². The van der Waals surface area contributed by atoms with Gasteiger partial charge in [0.15, 0.2) is 0 Å². The fraction of sp³-hybridized carbons (Fsp3) is 0.333. The first-order valence-electron chi connectivity index (χ1n) is 6.70. The van der Waals surface area contributed by atoms with Gasteiger partial charge in [-0.25, -0.2) is 0 Å². The number of carbonyl (C=O) groups is 2. The summed E-state index contributed by atoms with van der Waals surface area (Å²) in [6, 6.07) is 3.66. The molecular weight excluding hydrogens is 354 g/mol. The van der Waals surface area contributed by atoms with Gasteiger partial charge >= 0.3 is 5.97 Å². The quantitative estimate of drug-likeness (QED) is 0.838. The van der Waals surface area contributed by atoms with E-state index in [0.29, 0.717) is 23.5 Å². The molecule has 4 nitrogen and oxygen atoms in total. The van der Waals surface area contributed by atoms with E-state index in [2.05, 4.69) is 15.9 Å². The minimum absolute atomic E-state index is 0.0273. The van der Waals surface area contributed by atoms with Crippen LogP contribution in [-0.4, -0.2) is 21.4 Å². The number of aromatic nitrogens is 1. The van der Waals surface area contributed by atoms with Crippen LogP contribution in [0.5, 0.6) is 0 Å². The van der Waals surface area contributed by atoms with E-state index >= 15 is 0 Å². The highest BCUT2D eigenvalue weighted by atomic mass is 79.9. The number of aliphatic carboxylic acids is 1. The Morgan fingerprint density at radius 2 is 2.19 bits per heavy atom. The second-order valence-corrected chi connectivity index (χ2v) is 7.07. The molecule has 1 unspecified atom stereocenters. The van der Waals surface area contributed by atoms with Gasteiger partial charge < -0.3 is 9.67 Å². The van der Waals surface area contributed by atoms with Crippen LogP contribution in [0.15, 0.2) is 22.0 Å². The van der Waals surface area contributed by atoms with Gasteiger partial charge in [-0.3, -0.25) is 9.59 Å². The molecule has 0 spiro atoms. The standard InChI is InChI=1S/C15H14BrNO3S/c1-8-5-11-10(15(19)20)3-2-4-17(11)13(8)14(18)12-6-9(16)7-21-12/h5-7,10H,2-4H2,1H3,(H,19,20). The zero-order valence-electron chi connectivity index (χ0n) is 11.4. The molecule has 0 saturated heterocycles. The van der Waals surface area contributed by atoms with Crippen LogP contribution < -0.4 is 0 Å². The summed E-state index contributed by atoms with van der Waals surface area (Å²) in [5.74, 6) is -1.35. The summed E-state index contributed by atoms with van der Waals surface area (Å²) in [6.45, 7) is 2.58. The fourth-order valence-electron chi connectivity index (χ4n) is 2.94. The van der Waals surface area contributed by atoms with E-state index in [0.717, 1.165) is 22.2 Å². The number of thiophene rings is 1. The molecule has 1 N–H and O–H groups in total. The Morgan fingerprint density at radius 3 is 2.81 bits per heavy atom. The molecule has 2 aromatic heterocycles. The number of carboxylic acid groups (broad SMARTS) is 1. The van der Waals surface area contributed by atoms with Crippen LogP contribution in [0.3, 0.4) is 0 Å². The molecular formula is C15H14BrNO3S. The smallest absolute Gasteiger partial charge is 0.312 e. The molecule has 21 heavy (non-hydrogen) atoms. The van der Waals surface area contributed by atoms with Crippen LogP contribution in [0.1, 0.15) is 45.4 Å². The normalized spacial score (nSPS) is 17.5. The molecule has 110 valence electrons. The molecule has 1 aliphatic rings. The molecule has 0 aliphatic carbocycles. The van der Waals surface area contributed by atoms with Gasteiger partial charge in [0.05, 0.1) is 16.5 Å². The summed E-state index contributed by atoms with van der Waals surface area (Å²) in [4.78, 5) is 24.8. The third-order valence-corrected chi connectivity index (χ3v) is 5.55. The third kappa shape index (κ3) is 2.46. The molecule has 0 bridgehead atoms. The lowest BCUT2D eigenvalue weighted by molar-refractivity contribution is -0.139. The van der Waals surface area contributed by atoms with Crippen LogP contribution >= 0.6 is 27.3 Å². The second kappa shape index (κ2) is 5.42. The number of ketones is 1. The maximum atomic E-state index is 12.7. The van der Waals surface area contributed by atoms with Crippen molar-refractivity contribution in [2.24, 2.45) is 0 Å². The maximum absolute atomic E-state index is 12.7. The van der Waals surface area contributed by atoms with E-state index in [4.69, 9.17) is 0 Å². The second-order valence-electron chi connectivity index (χ2n) is 5.24. The molecule has 3 heterocycles. The van der Waals surface area contributed by atoms with E-state index < -0.39 is 11.9 Å². The Hall–Kier alpha value is -1.40. The molecule has 2 aromatic rings. The number of fused-ring (bicyclic) bond motifs is 1. The SMILES string of the molecule is Cc1cc2n(c1C(=O)c1cc(Br)cs1)CCCC2C(=O)O. The van der Waals surface area contributed by atoms with Crippen molar-refractivity contribution < 1.29 is 14.7 Å². The highest BCUT2D eigenvalue weighted by molar-refractivity contribution is 9.10. The summed E-state index contributed by atoms with van der Waals surface area (Å²) in [6.07, 6.45) is 1.42. The Bertz CT molecular complexity index is 731. The van der Waals surface area contributed by atoms with E-state index in [-0.39, 0.29) is 5.78 Å².